The zero-order valence-electron chi connectivity index (χ0n) is 16.2. The van der Waals surface area contributed by atoms with Crippen molar-refractivity contribution in [3.05, 3.63) is 47.2 Å². The third kappa shape index (κ3) is 3.41. The molecule has 0 radical (unpaired) electrons. The third-order valence-electron chi connectivity index (χ3n) is 5.86. The van der Waals surface area contributed by atoms with E-state index in [1.807, 2.05) is 31.9 Å². The predicted octanol–water partition coefficient (Wildman–Crippen LogP) is 3.88. The van der Waals surface area contributed by atoms with Gasteiger partial charge in [-0.05, 0) is 56.7 Å². The highest BCUT2D eigenvalue weighted by molar-refractivity contribution is 6.04. The molecule has 0 bridgehead atoms. The minimum absolute atomic E-state index is 0.0281. The quantitative estimate of drug-likeness (QED) is 0.837. The molecular weight excluding hydrogens is 362 g/mol. The number of fused-ring (bicyclic) bond motifs is 1. The van der Waals surface area contributed by atoms with E-state index in [1.54, 1.807) is 6.07 Å². The van der Waals surface area contributed by atoms with E-state index < -0.39 is 11.6 Å². The van der Waals surface area contributed by atoms with Crippen LogP contribution in [0.2, 0.25) is 0 Å². The number of anilines is 3. The number of likely N-dealkylation sites (N-methyl/N-ethyl adjacent to an activating group) is 1. The number of aromatic nitrogens is 1. The number of aryl methyl sites for hydroxylation is 1. The van der Waals surface area contributed by atoms with Crippen LogP contribution in [0.15, 0.2) is 24.3 Å². The largest absolute Gasteiger partial charge is 0.367 e. The minimum Gasteiger partial charge on any atom is -0.367 e. The molecule has 4 rings (SSSR count). The fraction of sp³-hybridized carbons (Fsp3) is 0.429. The number of carbonyl (C=O) groups excluding carboxylic acids is 1. The first-order valence-electron chi connectivity index (χ1n) is 9.57. The Morgan fingerprint density at radius 1 is 1.25 bits per heavy atom. The first-order chi connectivity index (χ1) is 13.3. The summed E-state index contributed by atoms with van der Waals surface area (Å²) in [5, 5.41) is 6.40. The molecule has 1 amide bonds. The van der Waals surface area contributed by atoms with E-state index in [0.717, 1.165) is 47.7 Å². The number of amides is 1. The van der Waals surface area contributed by atoms with Crippen molar-refractivity contribution in [2.75, 3.05) is 22.6 Å². The maximum Gasteiger partial charge on any atom is 0.246 e. The molecule has 1 aromatic carbocycles. The summed E-state index contributed by atoms with van der Waals surface area (Å²) in [7, 11) is 1.91. The van der Waals surface area contributed by atoms with Gasteiger partial charge in [-0.3, -0.25) is 4.79 Å². The Morgan fingerprint density at radius 3 is 2.71 bits per heavy atom. The second kappa shape index (κ2) is 7.04. The van der Waals surface area contributed by atoms with Gasteiger partial charge < -0.3 is 15.5 Å². The zero-order chi connectivity index (χ0) is 20.0. The molecule has 5 nitrogen and oxygen atoms in total. The second-order valence-electron chi connectivity index (χ2n) is 7.89. The summed E-state index contributed by atoms with van der Waals surface area (Å²) in [6, 6.07) is 6.18. The van der Waals surface area contributed by atoms with Gasteiger partial charge in [0.05, 0.1) is 17.1 Å². The van der Waals surface area contributed by atoms with Gasteiger partial charge in [-0.1, -0.05) is 6.07 Å². The average Bonchev–Trinajstić information content (AvgIpc) is 2.62. The van der Waals surface area contributed by atoms with Crippen LogP contribution in [0.1, 0.15) is 31.0 Å². The van der Waals surface area contributed by atoms with E-state index in [1.165, 1.54) is 12.1 Å². The van der Waals surface area contributed by atoms with Gasteiger partial charge in [0.2, 0.25) is 5.91 Å². The monoisotopic (exact) mass is 386 g/mol. The zero-order valence-corrected chi connectivity index (χ0v) is 16.2. The van der Waals surface area contributed by atoms with Crippen molar-refractivity contribution in [1.29, 1.82) is 0 Å². The number of carbonyl (C=O) groups is 1. The van der Waals surface area contributed by atoms with Crippen molar-refractivity contribution < 1.29 is 13.6 Å². The lowest BCUT2D eigenvalue weighted by Crippen LogP contribution is -2.44. The van der Waals surface area contributed by atoms with Crippen molar-refractivity contribution in [2.24, 2.45) is 5.92 Å². The van der Waals surface area contributed by atoms with Gasteiger partial charge in [-0.25, -0.2) is 13.8 Å². The Hall–Kier alpha value is -2.70. The second-order valence-corrected chi connectivity index (χ2v) is 7.89. The molecule has 1 aromatic heterocycles. The number of rotatable bonds is 4. The summed E-state index contributed by atoms with van der Waals surface area (Å²) >= 11 is 0. The minimum atomic E-state index is -0.804. The fourth-order valence-corrected chi connectivity index (χ4v) is 4.00. The van der Waals surface area contributed by atoms with Crippen LogP contribution in [0, 0.1) is 24.5 Å². The molecule has 28 heavy (non-hydrogen) atoms. The van der Waals surface area contributed by atoms with E-state index in [0.29, 0.717) is 12.0 Å². The summed E-state index contributed by atoms with van der Waals surface area (Å²) < 4.78 is 26.4. The van der Waals surface area contributed by atoms with Crippen molar-refractivity contribution in [2.45, 2.75) is 45.2 Å². The van der Waals surface area contributed by atoms with Gasteiger partial charge in [0.25, 0.3) is 0 Å². The molecule has 2 N–H and O–H groups in total. The molecule has 0 saturated heterocycles. The van der Waals surface area contributed by atoms with Crippen LogP contribution in [0.4, 0.5) is 26.0 Å². The van der Waals surface area contributed by atoms with Crippen LogP contribution in [0.5, 0.6) is 0 Å². The van der Waals surface area contributed by atoms with Crippen LogP contribution in [0.3, 0.4) is 0 Å². The van der Waals surface area contributed by atoms with Crippen LogP contribution in [-0.2, 0) is 11.2 Å². The Labute approximate surface area is 163 Å². The summed E-state index contributed by atoms with van der Waals surface area (Å²) in [5.41, 5.74) is 3.34. The Balaban J connectivity index is 1.39. The number of nitrogens with zero attached hydrogens (tertiary/aromatic N) is 2. The van der Waals surface area contributed by atoms with Crippen LogP contribution in [-0.4, -0.2) is 30.0 Å². The van der Waals surface area contributed by atoms with Crippen molar-refractivity contribution in [1.82, 2.24) is 4.98 Å². The highest BCUT2D eigenvalue weighted by Gasteiger charge is 2.32. The lowest BCUT2D eigenvalue weighted by atomic mass is 9.76. The van der Waals surface area contributed by atoms with Crippen LogP contribution >= 0.6 is 0 Å². The topological polar surface area (TPSA) is 57.3 Å². The highest BCUT2D eigenvalue weighted by atomic mass is 19.2. The number of pyridine rings is 1. The van der Waals surface area contributed by atoms with Gasteiger partial charge in [0.15, 0.2) is 11.6 Å². The molecular formula is C21H24F2N4O. The number of benzene rings is 1. The molecule has 2 aromatic rings. The number of hydrogen-bond acceptors (Lipinski definition) is 4. The van der Waals surface area contributed by atoms with Gasteiger partial charge in [0.1, 0.15) is 11.9 Å². The molecule has 0 unspecified atom stereocenters. The molecule has 2 heterocycles. The van der Waals surface area contributed by atoms with Crippen LogP contribution in [0.25, 0.3) is 0 Å². The summed E-state index contributed by atoms with van der Waals surface area (Å²) in [6.07, 6.45) is 2.66. The lowest BCUT2D eigenvalue weighted by Gasteiger charge is -2.37. The van der Waals surface area contributed by atoms with Gasteiger partial charge in [-0.15, -0.1) is 0 Å². The smallest absolute Gasteiger partial charge is 0.246 e. The number of hydrogen-bond donors (Lipinski definition) is 2. The lowest BCUT2D eigenvalue weighted by molar-refractivity contribution is -0.117. The molecule has 0 spiro atoms. The van der Waals surface area contributed by atoms with E-state index >= 15 is 0 Å². The van der Waals surface area contributed by atoms with Gasteiger partial charge in [0, 0.05) is 19.2 Å². The maximum absolute atomic E-state index is 13.3. The van der Waals surface area contributed by atoms with Crippen molar-refractivity contribution in [3.8, 4) is 0 Å². The molecule has 1 aliphatic heterocycles. The highest BCUT2D eigenvalue weighted by Crippen LogP contribution is 2.37. The standard InChI is InChI=1S/C21H24F2N4O/c1-11-20-18(27(3)12(2)21(28)26-20)10-19(24-11)25-15-7-14(8-15)6-13-4-5-16(22)17(23)9-13/h4-5,9-10,12,14-15H,6-8H2,1-3H3,(H,24,25)(H,26,28)/t12-,14?,15?/m0/s1. The Kier molecular flexibility index (Phi) is 4.69. The number of nitrogens with one attached hydrogen (secondary N) is 2. The summed E-state index contributed by atoms with van der Waals surface area (Å²) in [5.74, 6) is -0.377. The predicted molar refractivity (Wildman–Crippen MR) is 106 cm³/mol. The molecule has 1 saturated carbocycles. The SMILES string of the molecule is Cc1nc(NC2CC(Cc3ccc(F)c(F)c3)C2)cc2c1NC(=O)[C@H](C)N2C. The first-order valence-corrected chi connectivity index (χ1v) is 9.57. The maximum atomic E-state index is 13.3. The van der Waals surface area contributed by atoms with E-state index in [4.69, 9.17) is 0 Å². The Bertz CT molecular complexity index is 927. The van der Waals surface area contributed by atoms with Crippen molar-refractivity contribution in [3.63, 3.8) is 0 Å². The van der Waals surface area contributed by atoms with Gasteiger partial charge >= 0.3 is 0 Å². The van der Waals surface area contributed by atoms with E-state index in [9.17, 15) is 13.6 Å². The molecule has 7 heteroatoms. The first kappa shape index (κ1) is 18.7. The third-order valence-corrected chi connectivity index (χ3v) is 5.86. The average molecular weight is 386 g/mol. The normalized spacial score (nSPS) is 23.7. The molecule has 1 aliphatic carbocycles. The fourth-order valence-electron chi connectivity index (χ4n) is 4.00. The Morgan fingerprint density at radius 2 is 2.00 bits per heavy atom. The summed E-state index contributed by atoms with van der Waals surface area (Å²) in [4.78, 5) is 18.6. The molecule has 2 aliphatic rings. The van der Waals surface area contributed by atoms with Crippen molar-refractivity contribution >= 4 is 23.1 Å². The van der Waals surface area contributed by atoms with Gasteiger partial charge in [-0.2, -0.15) is 0 Å². The molecule has 1 atom stereocenters. The van der Waals surface area contributed by atoms with E-state index in [-0.39, 0.29) is 11.9 Å². The van der Waals surface area contributed by atoms with E-state index in [2.05, 4.69) is 15.6 Å². The summed E-state index contributed by atoms with van der Waals surface area (Å²) in [6.45, 7) is 3.76. The molecule has 1 fully saturated rings. The number of halogens is 2. The van der Waals surface area contributed by atoms with Crippen LogP contribution < -0.4 is 15.5 Å². The molecule has 148 valence electrons.